The van der Waals surface area contributed by atoms with E-state index in [2.05, 4.69) is 24.0 Å². The van der Waals surface area contributed by atoms with E-state index >= 15 is 0 Å². The number of amides is 1. The summed E-state index contributed by atoms with van der Waals surface area (Å²) >= 11 is 0. The highest BCUT2D eigenvalue weighted by Gasteiger charge is 2.22. The Labute approximate surface area is 142 Å². The van der Waals surface area contributed by atoms with Crippen molar-refractivity contribution >= 4 is 22.6 Å². The molecule has 1 aliphatic rings. The van der Waals surface area contributed by atoms with Gasteiger partial charge in [-0.2, -0.15) is 0 Å². The quantitative estimate of drug-likeness (QED) is 0.857. The van der Waals surface area contributed by atoms with Crippen LogP contribution in [0.4, 0.5) is 5.82 Å². The van der Waals surface area contributed by atoms with Gasteiger partial charge in [-0.25, -0.2) is 4.98 Å². The molecule has 6 nitrogen and oxygen atoms in total. The van der Waals surface area contributed by atoms with Crippen LogP contribution < -0.4 is 9.64 Å². The summed E-state index contributed by atoms with van der Waals surface area (Å²) in [6, 6.07) is 8.08. The number of aromatic nitrogens is 1. The van der Waals surface area contributed by atoms with E-state index < -0.39 is 0 Å². The average Bonchev–Trinajstić information content (AvgIpc) is 2.61. The fourth-order valence-corrected chi connectivity index (χ4v) is 3.10. The molecule has 128 valence electrons. The molecule has 0 bridgehead atoms. The number of methoxy groups -OCH3 is 2. The number of nitrogens with zero attached hydrogens (tertiary/aromatic N) is 3. The number of piperazine rings is 1. The smallest absolute Gasteiger partial charge is 0.248 e. The van der Waals surface area contributed by atoms with Crippen molar-refractivity contribution in [2.24, 2.45) is 0 Å². The summed E-state index contributed by atoms with van der Waals surface area (Å²) in [5.74, 6) is 1.76. The predicted molar refractivity (Wildman–Crippen MR) is 93.7 cm³/mol. The van der Waals surface area contributed by atoms with Crippen molar-refractivity contribution in [2.45, 2.75) is 6.92 Å². The summed E-state index contributed by atoms with van der Waals surface area (Å²) < 4.78 is 10.4. The van der Waals surface area contributed by atoms with E-state index in [-0.39, 0.29) is 12.5 Å². The molecule has 1 fully saturated rings. The Hall–Kier alpha value is -2.34. The monoisotopic (exact) mass is 329 g/mol. The molecule has 0 N–H and O–H groups in total. The largest absolute Gasteiger partial charge is 0.494 e. The number of ether oxygens (including phenoxy) is 2. The molecular weight excluding hydrogens is 306 g/mol. The first-order chi connectivity index (χ1) is 11.6. The third-order valence-electron chi connectivity index (χ3n) is 4.44. The minimum absolute atomic E-state index is 0.0430. The van der Waals surface area contributed by atoms with Gasteiger partial charge in [-0.1, -0.05) is 12.1 Å². The molecule has 2 heterocycles. The number of carbonyl (C=O) groups excluding carboxylic acids is 1. The maximum atomic E-state index is 11.9. The van der Waals surface area contributed by atoms with Crippen molar-refractivity contribution in [3.63, 3.8) is 0 Å². The number of anilines is 1. The van der Waals surface area contributed by atoms with Crippen LogP contribution in [-0.4, -0.2) is 62.8 Å². The molecule has 1 amide bonds. The van der Waals surface area contributed by atoms with Gasteiger partial charge in [0.25, 0.3) is 0 Å². The number of carbonyl (C=O) groups is 1. The second-order valence-corrected chi connectivity index (χ2v) is 5.95. The van der Waals surface area contributed by atoms with Gasteiger partial charge in [-0.3, -0.25) is 4.79 Å². The lowest BCUT2D eigenvalue weighted by molar-refractivity contribution is -0.135. The summed E-state index contributed by atoms with van der Waals surface area (Å²) in [6.45, 7) is 5.14. The molecule has 0 atom stereocenters. The predicted octanol–water partition coefficient (Wildman–Crippen LogP) is 1.85. The van der Waals surface area contributed by atoms with Crippen molar-refractivity contribution in [2.75, 3.05) is 51.9 Å². The molecule has 0 aliphatic carbocycles. The topological polar surface area (TPSA) is 54.9 Å². The summed E-state index contributed by atoms with van der Waals surface area (Å²) in [7, 11) is 3.21. The number of fused-ring (bicyclic) bond motifs is 1. The van der Waals surface area contributed by atoms with Crippen LogP contribution in [0.5, 0.6) is 5.75 Å². The first-order valence-electron chi connectivity index (χ1n) is 8.10. The molecular formula is C18H23N3O3. The number of para-hydroxylation sites is 1. The van der Waals surface area contributed by atoms with Gasteiger partial charge < -0.3 is 19.3 Å². The van der Waals surface area contributed by atoms with Gasteiger partial charge in [0, 0.05) is 38.7 Å². The third-order valence-corrected chi connectivity index (χ3v) is 4.44. The van der Waals surface area contributed by atoms with E-state index in [0.29, 0.717) is 13.1 Å². The lowest BCUT2D eigenvalue weighted by atomic mass is 10.1. The molecule has 24 heavy (non-hydrogen) atoms. The Bertz CT molecular complexity index is 740. The van der Waals surface area contributed by atoms with Crippen molar-refractivity contribution in [1.29, 1.82) is 0 Å². The van der Waals surface area contributed by atoms with Gasteiger partial charge in [-0.15, -0.1) is 0 Å². The molecule has 0 radical (unpaired) electrons. The lowest BCUT2D eigenvalue weighted by Crippen LogP contribution is -2.50. The van der Waals surface area contributed by atoms with Crippen molar-refractivity contribution < 1.29 is 14.3 Å². The number of benzene rings is 1. The van der Waals surface area contributed by atoms with Crippen LogP contribution in [0.3, 0.4) is 0 Å². The van der Waals surface area contributed by atoms with Crippen molar-refractivity contribution in [3.05, 3.63) is 29.8 Å². The second-order valence-electron chi connectivity index (χ2n) is 5.95. The highest BCUT2D eigenvalue weighted by atomic mass is 16.5. The van der Waals surface area contributed by atoms with E-state index in [1.165, 1.54) is 5.56 Å². The van der Waals surface area contributed by atoms with E-state index in [1.807, 2.05) is 17.0 Å². The Morgan fingerprint density at radius 2 is 1.96 bits per heavy atom. The van der Waals surface area contributed by atoms with E-state index in [0.717, 1.165) is 35.6 Å². The fourth-order valence-electron chi connectivity index (χ4n) is 3.10. The van der Waals surface area contributed by atoms with Crippen LogP contribution in [-0.2, 0) is 9.53 Å². The van der Waals surface area contributed by atoms with Crippen LogP contribution >= 0.6 is 0 Å². The standard InChI is InChI=1S/C18H23N3O3/c1-13-11-16(19-18-14(13)5-4-6-15(18)24-3)20-7-9-21(10-8-20)17(22)12-23-2/h4-6,11H,7-10,12H2,1-3H3. The molecule has 2 aromatic rings. The van der Waals surface area contributed by atoms with Gasteiger partial charge in [0.05, 0.1) is 7.11 Å². The molecule has 6 heteroatoms. The Balaban J connectivity index is 1.82. The Kier molecular flexibility index (Phi) is 4.85. The minimum Gasteiger partial charge on any atom is -0.494 e. The maximum Gasteiger partial charge on any atom is 0.248 e. The van der Waals surface area contributed by atoms with Gasteiger partial charge in [0.15, 0.2) is 0 Å². The number of pyridine rings is 1. The number of aryl methyl sites for hydroxylation is 1. The third kappa shape index (κ3) is 3.14. The van der Waals surface area contributed by atoms with Crippen LogP contribution in [0.2, 0.25) is 0 Å². The summed E-state index contributed by atoms with van der Waals surface area (Å²) in [6.07, 6.45) is 0. The molecule has 3 rings (SSSR count). The summed E-state index contributed by atoms with van der Waals surface area (Å²) in [4.78, 5) is 20.8. The zero-order valence-corrected chi connectivity index (χ0v) is 14.4. The minimum atomic E-state index is 0.0430. The van der Waals surface area contributed by atoms with E-state index in [9.17, 15) is 4.79 Å². The lowest BCUT2D eigenvalue weighted by Gasteiger charge is -2.35. The zero-order valence-electron chi connectivity index (χ0n) is 14.4. The van der Waals surface area contributed by atoms with Crippen LogP contribution in [0, 0.1) is 6.92 Å². The first-order valence-corrected chi connectivity index (χ1v) is 8.10. The highest BCUT2D eigenvalue weighted by molar-refractivity contribution is 5.89. The summed E-state index contributed by atoms with van der Waals surface area (Å²) in [5.41, 5.74) is 2.06. The van der Waals surface area contributed by atoms with Crippen molar-refractivity contribution in [3.8, 4) is 5.75 Å². The fraction of sp³-hybridized carbons (Fsp3) is 0.444. The Morgan fingerprint density at radius 1 is 1.21 bits per heavy atom. The zero-order chi connectivity index (χ0) is 17.1. The first kappa shape index (κ1) is 16.5. The van der Waals surface area contributed by atoms with E-state index in [1.54, 1.807) is 14.2 Å². The van der Waals surface area contributed by atoms with Crippen LogP contribution in [0.1, 0.15) is 5.56 Å². The second kappa shape index (κ2) is 7.05. The summed E-state index contributed by atoms with van der Waals surface area (Å²) in [5, 5.41) is 1.10. The molecule has 1 saturated heterocycles. The molecule has 0 spiro atoms. The normalized spacial score (nSPS) is 15.0. The SMILES string of the molecule is COCC(=O)N1CCN(c2cc(C)c3cccc(OC)c3n2)CC1. The van der Waals surface area contributed by atoms with Gasteiger partial charge >= 0.3 is 0 Å². The molecule has 1 aromatic carbocycles. The molecule has 1 aliphatic heterocycles. The van der Waals surface area contributed by atoms with Crippen LogP contribution in [0.25, 0.3) is 10.9 Å². The number of rotatable bonds is 4. The van der Waals surface area contributed by atoms with Gasteiger partial charge in [0.2, 0.25) is 5.91 Å². The molecule has 0 saturated carbocycles. The Morgan fingerprint density at radius 3 is 2.62 bits per heavy atom. The van der Waals surface area contributed by atoms with Crippen LogP contribution in [0.15, 0.2) is 24.3 Å². The maximum absolute atomic E-state index is 11.9. The van der Waals surface area contributed by atoms with Crippen molar-refractivity contribution in [1.82, 2.24) is 9.88 Å². The average molecular weight is 329 g/mol. The van der Waals surface area contributed by atoms with Gasteiger partial charge in [-0.05, 0) is 24.6 Å². The molecule has 0 unspecified atom stereocenters. The van der Waals surface area contributed by atoms with Gasteiger partial charge in [0.1, 0.15) is 23.7 Å². The number of hydrogen-bond donors (Lipinski definition) is 0. The number of hydrogen-bond acceptors (Lipinski definition) is 5. The van der Waals surface area contributed by atoms with E-state index in [4.69, 9.17) is 14.5 Å². The highest BCUT2D eigenvalue weighted by Crippen LogP contribution is 2.29. The molecule has 1 aromatic heterocycles.